The summed E-state index contributed by atoms with van der Waals surface area (Å²) in [7, 11) is 2.00. The predicted octanol–water partition coefficient (Wildman–Crippen LogP) is -0.0408. The van der Waals surface area contributed by atoms with Crippen LogP contribution in [0.15, 0.2) is 12.1 Å². The second-order valence-corrected chi connectivity index (χ2v) is 9.76. The molecule has 1 spiro atoms. The van der Waals surface area contributed by atoms with E-state index in [2.05, 4.69) is 0 Å². The van der Waals surface area contributed by atoms with Gasteiger partial charge in [0.2, 0.25) is 5.78 Å². The van der Waals surface area contributed by atoms with Crippen LogP contribution in [0.25, 0.3) is 0 Å². The number of likely N-dealkylation sites (N-methyl/N-ethyl adjacent to an activating group) is 1. The van der Waals surface area contributed by atoms with Crippen molar-refractivity contribution in [2.75, 3.05) is 13.6 Å². The fourth-order valence-corrected chi connectivity index (χ4v) is 6.98. The van der Waals surface area contributed by atoms with E-state index in [1.54, 1.807) is 6.07 Å². The molecule has 2 aliphatic heterocycles. The van der Waals surface area contributed by atoms with Crippen LogP contribution in [0.1, 0.15) is 36.8 Å². The van der Waals surface area contributed by atoms with Crippen LogP contribution in [0.3, 0.4) is 0 Å². The van der Waals surface area contributed by atoms with Crippen LogP contribution in [-0.2, 0) is 16.6 Å². The van der Waals surface area contributed by atoms with Gasteiger partial charge in [0.15, 0.2) is 23.8 Å². The third kappa shape index (κ3) is 1.66. The Balaban J connectivity index is 1.62. The number of ether oxygens (including phenoxy) is 1. The monoisotopic (exact) mass is 388 g/mol. The van der Waals surface area contributed by atoms with Crippen molar-refractivity contribution in [3.8, 4) is 11.5 Å². The molecule has 2 unspecified atom stereocenters. The Morgan fingerprint density at radius 3 is 2.79 bits per heavy atom. The minimum absolute atomic E-state index is 0.0357. The van der Waals surface area contributed by atoms with Gasteiger partial charge in [-0.05, 0) is 24.5 Å². The van der Waals surface area contributed by atoms with Crippen LogP contribution in [0.5, 0.6) is 11.5 Å². The van der Waals surface area contributed by atoms with Gasteiger partial charge in [-0.2, -0.15) is 0 Å². The molecule has 7 nitrogen and oxygen atoms in total. The second-order valence-electron chi connectivity index (χ2n) is 9.76. The molecule has 6 rings (SSSR count). The van der Waals surface area contributed by atoms with Crippen molar-refractivity contribution in [1.82, 2.24) is 0 Å². The Hall–Kier alpha value is -1.67. The zero-order valence-corrected chi connectivity index (χ0v) is 15.8. The van der Waals surface area contributed by atoms with Crippen molar-refractivity contribution < 1.29 is 34.4 Å². The number of phenolic OH excluding ortho intramolecular Hbond substituents is 1. The first-order valence-electron chi connectivity index (χ1n) is 10.2. The molecule has 3 aliphatic carbocycles. The third-order valence-electron chi connectivity index (χ3n) is 8.53. The number of aliphatic hydroxyl groups excluding tert-OH is 2. The topological polar surface area (TPSA) is 107 Å². The molecule has 5 aliphatic rings. The van der Waals surface area contributed by atoms with E-state index < -0.39 is 35.2 Å². The number of phenols is 1. The van der Waals surface area contributed by atoms with Crippen LogP contribution in [0, 0.1) is 5.92 Å². The first-order chi connectivity index (χ1) is 13.2. The van der Waals surface area contributed by atoms with Crippen molar-refractivity contribution in [3.05, 3.63) is 23.3 Å². The number of Topliss-reactive ketones (excluding diaryl/α,β-unsaturated/α-hetero) is 1. The van der Waals surface area contributed by atoms with Crippen molar-refractivity contribution in [2.24, 2.45) is 5.92 Å². The highest BCUT2D eigenvalue weighted by Crippen LogP contribution is 2.66. The smallest absolute Gasteiger partial charge is 0.202 e. The number of carbonyl (C=O) groups is 1. The van der Waals surface area contributed by atoms with E-state index in [-0.39, 0.29) is 29.9 Å². The average Bonchev–Trinajstić information content (AvgIpc) is 3.43. The molecule has 1 aromatic carbocycles. The lowest BCUT2D eigenvalue weighted by Gasteiger charge is -2.65. The molecule has 0 radical (unpaired) electrons. The van der Waals surface area contributed by atoms with Crippen molar-refractivity contribution in [3.63, 3.8) is 0 Å². The molecule has 150 valence electrons. The number of likely N-dealkylation sites (tertiary alicyclic amines) is 1. The first kappa shape index (κ1) is 17.2. The van der Waals surface area contributed by atoms with E-state index in [9.17, 15) is 25.2 Å². The summed E-state index contributed by atoms with van der Waals surface area (Å²) in [6.07, 6.45) is 0.0203. The summed E-state index contributed by atoms with van der Waals surface area (Å²) in [4.78, 5) is 12.9. The van der Waals surface area contributed by atoms with Crippen LogP contribution in [-0.4, -0.2) is 74.4 Å². The number of benzene rings is 1. The summed E-state index contributed by atoms with van der Waals surface area (Å²) in [6, 6.07) is 3.07. The first-order valence-corrected chi connectivity index (χ1v) is 10.2. The molecule has 2 heterocycles. The predicted molar refractivity (Wildman–Crippen MR) is 96.7 cm³/mol. The molecule has 2 saturated carbocycles. The Kier molecular flexibility index (Phi) is 3.01. The number of carbonyl (C=O) groups excluding carboxylic acids is 1. The van der Waals surface area contributed by atoms with E-state index >= 15 is 0 Å². The molecule has 3 fully saturated rings. The molecule has 0 amide bonds. The maximum Gasteiger partial charge on any atom is 0.202 e. The number of hydrogen-bond donors (Lipinski definition) is 4. The Labute approximate surface area is 162 Å². The number of nitrogens with zero attached hydrogens (tertiary/aromatic N) is 1. The summed E-state index contributed by atoms with van der Waals surface area (Å²) in [5.41, 5.74) is -0.666. The lowest BCUT2D eigenvalue weighted by molar-refractivity contribution is -0.991. The standard InChI is InChI=1S/C21H25NO6/c1-22(19(26)10-2-3-10)7-6-20-15-11-4-5-12(23)17(15)28-18(20)16(25)13(24)9-21(20,27)14(22)8-11/h4-5,10,13-14,18-19,24,26-27H,2-3,6-9H2,1H3/p+1/t13?,14-,18+,19?,20+,21-,22+/m1/s1. The lowest BCUT2D eigenvalue weighted by Crippen LogP contribution is -2.83. The lowest BCUT2D eigenvalue weighted by atomic mass is 9.48. The summed E-state index contributed by atoms with van der Waals surface area (Å²) in [5, 5.41) is 44.2. The van der Waals surface area contributed by atoms with Gasteiger partial charge in [0.25, 0.3) is 0 Å². The summed E-state index contributed by atoms with van der Waals surface area (Å²) in [6.45, 7) is 0.614. The van der Waals surface area contributed by atoms with Crippen molar-refractivity contribution in [1.29, 1.82) is 0 Å². The number of ketones is 1. The van der Waals surface area contributed by atoms with Gasteiger partial charge in [-0.1, -0.05) is 6.07 Å². The number of piperidine rings is 1. The normalized spacial score (nSPS) is 46.7. The highest BCUT2D eigenvalue weighted by molar-refractivity contribution is 5.93. The van der Waals surface area contributed by atoms with Crippen LogP contribution in [0.2, 0.25) is 0 Å². The zero-order valence-electron chi connectivity index (χ0n) is 15.8. The molecule has 28 heavy (non-hydrogen) atoms. The molecule has 1 saturated heterocycles. The Bertz CT molecular complexity index is 914. The van der Waals surface area contributed by atoms with Gasteiger partial charge in [0, 0.05) is 30.7 Å². The van der Waals surface area contributed by atoms with Gasteiger partial charge < -0.3 is 25.2 Å². The molecule has 2 bridgehead atoms. The highest BCUT2D eigenvalue weighted by Gasteiger charge is 2.78. The van der Waals surface area contributed by atoms with Crippen LogP contribution < -0.4 is 4.74 Å². The fraction of sp³-hybridized carbons (Fsp3) is 0.667. The van der Waals surface area contributed by atoms with E-state index in [0.29, 0.717) is 23.9 Å². The molecular weight excluding hydrogens is 362 g/mol. The van der Waals surface area contributed by atoms with Gasteiger partial charge in [-0.15, -0.1) is 0 Å². The number of aromatic hydroxyl groups is 1. The second kappa shape index (κ2) is 4.90. The maximum absolute atomic E-state index is 12.9. The molecule has 1 aromatic rings. The molecule has 7 atom stereocenters. The van der Waals surface area contributed by atoms with Gasteiger partial charge >= 0.3 is 0 Å². The average molecular weight is 388 g/mol. The number of rotatable bonds is 2. The Morgan fingerprint density at radius 2 is 2.07 bits per heavy atom. The third-order valence-corrected chi connectivity index (χ3v) is 8.53. The minimum atomic E-state index is -1.39. The summed E-state index contributed by atoms with van der Waals surface area (Å²) < 4.78 is 6.28. The number of hydrogen-bond acceptors (Lipinski definition) is 6. The van der Waals surface area contributed by atoms with Crippen LogP contribution in [0.4, 0.5) is 0 Å². The number of aliphatic hydroxyl groups is 3. The van der Waals surface area contributed by atoms with Crippen molar-refractivity contribution in [2.45, 2.75) is 67.6 Å². The van der Waals surface area contributed by atoms with Gasteiger partial charge in [-0.3, -0.25) is 9.28 Å². The van der Waals surface area contributed by atoms with E-state index in [1.165, 1.54) is 0 Å². The van der Waals surface area contributed by atoms with E-state index in [4.69, 9.17) is 4.74 Å². The van der Waals surface area contributed by atoms with Gasteiger partial charge in [0.05, 0.1) is 19.0 Å². The number of quaternary nitrogens is 1. The largest absolute Gasteiger partial charge is 0.504 e. The molecule has 4 N–H and O–H groups in total. The van der Waals surface area contributed by atoms with E-state index in [1.807, 2.05) is 13.1 Å². The minimum Gasteiger partial charge on any atom is -0.504 e. The van der Waals surface area contributed by atoms with Gasteiger partial charge in [0.1, 0.15) is 17.7 Å². The van der Waals surface area contributed by atoms with E-state index in [0.717, 1.165) is 24.0 Å². The maximum atomic E-state index is 12.9. The summed E-state index contributed by atoms with van der Waals surface area (Å²) in [5.74, 6) is 0.0584. The fourth-order valence-electron chi connectivity index (χ4n) is 6.98. The van der Waals surface area contributed by atoms with Gasteiger partial charge in [-0.25, -0.2) is 0 Å². The zero-order chi connectivity index (χ0) is 19.6. The molecule has 0 aromatic heterocycles. The highest BCUT2D eigenvalue weighted by atomic mass is 16.5. The SMILES string of the molecule is C[N@+]1(C(O)C2CC2)CC[C@]23c4c5ccc(O)c4O[C@H]2C(=O)C(O)C[C@@]3(O)[C@H]1C5. The summed E-state index contributed by atoms with van der Waals surface area (Å²) >= 11 is 0. The quantitative estimate of drug-likeness (QED) is 0.530. The van der Waals surface area contributed by atoms with Crippen LogP contribution >= 0.6 is 0 Å². The van der Waals surface area contributed by atoms with Crippen molar-refractivity contribution >= 4 is 5.78 Å². The molecular formula is C21H26NO6+. The molecule has 7 heteroatoms. The Morgan fingerprint density at radius 1 is 1.32 bits per heavy atom.